The van der Waals surface area contributed by atoms with Crippen LogP contribution in [0.2, 0.25) is 0 Å². The van der Waals surface area contributed by atoms with Crippen LogP contribution in [-0.2, 0) is 27.5 Å². The van der Waals surface area contributed by atoms with E-state index < -0.39 is 15.9 Å². The van der Waals surface area contributed by atoms with Gasteiger partial charge in [0, 0.05) is 37.8 Å². The molecule has 0 spiro atoms. The summed E-state index contributed by atoms with van der Waals surface area (Å²) in [7, 11) is -3.25. The minimum absolute atomic E-state index is 0.0843. The number of aliphatic hydroxyl groups is 1. The first-order chi connectivity index (χ1) is 12.2. The molecule has 1 fully saturated rings. The number of sulfone groups is 1. The summed E-state index contributed by atoms with van der Waals surface area (Å²) in [5.41, 5.74) is 1.53. The van der Waals surface area contributed by atoms with E-state index in [1.165, 1.54) is 12.1 Å². The van der Waals surface area contributed by atoms with Gasteiger partial charge in [0.2, 0.25) is 5.91 Å². The Morgan fingerprint density at radius 3 is 2.58 bits per heavy atom. The van der Waals surface area contributed by atoms with Crippen LogP contribution in [0.4, 0.5) is 0 Å². The highest BCUT2D eigenvalue weighted by Gasteiger charge is 2.34. The van der Waals surface area contributed by atoms with Crippen LogP contribution in [0, 0.1) is 12.8 Å². The van der Waals surface area contributed by atoms with Gasteiger partial charge in [0.05, 0.1) is 23.1 Å². The standard InChI is InChI=1S/C18H22N2O5S/c1-12-7-15(25-19-12)9-14-10-20(11-17(14)21)18(22)8-13-3-5-16(6-4-13)26(2,23)24/h3-7,14,17,21H,8-11H2,1-2H3/t14-,17+/m1/s1. The number of aromatic nitrogens is 1. The Kier molecular flexibility index (Phi) is 5.15. The molecule has 1 amide bonds. The summed E-state index contributed by atoms with van der Waals surface area (Å²) < 4.78 is 28.2. The van der Waals surface area contributed by atoms with E-state index in [9.17, 15) is 18.3 Å². The molecule has 0 saturated carbocycles. The van der Waals surface area contributed by atoms with Gasteiger partial charge in [-0.25, -0.2) is 8.42 Å². The maximum atomic E-state index is 12.5. The van der Waals surface area contributed by atoms with Crippen molar-refractivity contribution in [2.45, 2.75) is 30.8 Å². The minimum Gasteiger partial charge on any atom is -0.391 e. The topological polar surface area (TPSA) is 101 Å². The van der Waals surface area contributed by atoms with Gasteiger partial charge in [-0.3, -0.25) is 4.79 Å². The zero-order chi connectivity index (χ0) is 18.9. The normalized spacial score (nSPS) is 20.5. The first-order valence-electron chi connectivity index (χ1n) is 8.39. The van der Waals surface area contributed by atoms with Crippen molar-refractivity contribution in [1.82, 2.24) is 10.1 Å². The van der Waals surface area contributed by atoms with E-state index in [4.69, 9.17) is 4.52 Å². The molecular formula is C18H22N2O5S. The van der Waals surface area contributed by atoms with Crippen LogP contribution in [0.3, 0.4) is 0 Å². The third-order valence-corrected chi connectivity index (χ3v) is 5.73. The average molecular weight is 378 g/mol. The number of benzene rings is 1. The summed E-state index contributed by atoms with van der Waals surface area (Å²) in [5.74, 6) is 0.531. The molecule has 7 nitrogen and oxygen atoms in total. The van der Waals surface area contributed by atoms with Crippen molar-refractivity contribution >= 4 is 15.7 Å². The largest absolute Gasteiger partial charge is 0.391 e. The lowest BCUT2D eigenvalue weighted by Crippen LogP contribution is -2.31. The number of hydrogen-bond donors (Lipinski definition) is 1. The molecule has 1 aromatic carbocycles. The second kappa shape index (κ2) is 7.20. The highest BCUT2D eigenvalue weighted by molar-refractivity contribution is 7.90. The molecule has 3 rings (SSSR count). The lowest BCUT2D eigenvalue weighted by molar-refractivity contribution is -0.129. The number of aliphatic hydroxyl groups excluding tert-OH is 1. The van der Waals surface area contributed by atoms with Crippen molar-refractivity contribution in [3.05, 3.63) is 47.3 Å². The molecule has 1 N–H and O–H groups in total. The van der Waals surface area contributed by atoms with Crippen LogP contribution in [0.5, 0.6) is 0 Å². The van der Waals surface area contributed by atoms with Crippen LogP contribution in [0.25, 0.3) is 0 Å². The van der Waals surface area contributed by atoms with Gasteiger partial charge < -0.3 is 14.5 Å². The fraction of sp³-hybridized carbons (Fsp3) is 0.444. The predicted octanol–water partition coefficient (Wildman–Crippen LogP) is 0.991. The highest BCUT2D eigenvalue weighted by Crippen LogP contribution is 2.23. The third-order valence-electron chi connectivity index (χ3n) is 4.61. The van der Waals surface area contributed by atoms with Crippen molar-refractivity contribution in [2.24, 2.45) is 5.92 Å². The molecule has 0 bridgehead atoms. The monoisotopic (exact) mass is 378 g/mol. The Hall–Kier alpha value is -2.19. The first kappa shape index (κ1) is 18.6. The van der Waals surface area contributed by atoms with Crippen LogP contribution < -0.4 is 0 Å². The second-order valence-corrected chi connectivity index (χ2v) is 8.87. The Morgan fingerprint density at radius 1 is 1.31 bits per heavy atom. The van der Waals surface area contributed by atoms with Gasteiger partial charge in [-0.2, -0.15) is 0 Å². The molecule has 1 saturated heterocycles. The van der Waals surface area contributed by atoms with Gasteiger partial charge in [0.15, 0.2) is 9.84 Å². The van der Waals surface area contributed by atoms with E-state index in [1.54, 1.807) is 17.0 Å². The molecule has 26 heavy (non-hydrogen) atoms. The lowest BCUT2D eigenvalue weighted by Gasteiger charge is -2.16. The Labute approximate surface area is 152 Å². The van der Waals surface area contributed by atoms with E-state index >= 15 is 0 Å². The smallest absolute Gasteiger partial charge is 0.227 e. The fourth-order valence-corrected chi connectivity index (χ4v) is 3.80. The van der Waals surface area contributed by atoms with E-state index in [0.29, 0.717) is 18.7 Å². The molecule has 0 aliphatic carbocycles. The molecule has 2 heterocycles. The maximum Gasteiger partial charge on any atom is 0.227 e. The zero-order valence-electron chi connectivity index (χ0n) is 14.8. The van der Waals surface area contributed by atoms with Gasteiger partial charge in [0.25, 0.3) is 0 Å². The molecule has 1 aromatic heterocycles. The van der Waals surface area contributed by atoms with Gasteiger partial charge in [-0.15, -0.1) is 0 Å². The van der Waals surface area contributed by atoms with Crippen LogP contribution >= 0.6 is 0 Å². The first-order valence-corrected chi connectivity index (χ1v) is 10.3. The van der Waals surface area contributed by atoms with Gasteiger partial charge in [0.1, 0.15) is 5.76 Å². The van der Waals surface area contributed by atoms with Crippen LogP contribution in [0.1, 0.15) is 17.0 Å². The number of rotatable bonds is 5. The average Bonchev–Trinajstić information content (AvgIpc) is 3.14. The van der Waals surface area contributed by atoms with Crippen LogP contribution in [-0.4, -0.2) is 54.9 Å². The number of hydrogen-bond acceptors (Lipinski definition) is 6. The quantitative estimate of drug-likeness (QED) is 0.833. The summed E-state index contributed by atoms with van der Waals surface area (Å²) >= 11 is 0. The van der Waals surface area contributed by atoms with E-state index in [-0.39, 0.29) is 29.7 Å². The SMILES string of the molecule is Cc1cc(C[C@@H]2CN(C(=O)Cc3ccc(S(C)(=O)=O)cc3)C[C@@H]2O)on1. The number of aryl methyl sites for hydroxylation is 1. The predicted molar refractivity (Wildman–Crippen MR) is 94.3 cm³/mol. The molecule has 8 heteroatoms. The molecule has 0 radical (unpaired) electrons. The summed E-state index contributed by atoms with van der Waals surface area (Å²) in [5, 5.41) is 14.1. The third kappa shape index (κ3) is 4.31. The Bertz CT molecular complexity index is 889. The van der Waals surface area contributed by atoms with E-state index in [0.717, 1.165) is 17.5 Å². The summed E-state index contributed by atoms with van der Waals surface area (Å²) in [4.78, 5) is 14.4. The molecule has 2 aromatic rings. The number of amides is 1. The Balaban J connectivity index is 1.60. The number of likely N-dealkylation sites (tertiary alicyclic amines) is 1. The highest BCUT2D eigenvalue weighted by atomic mass is 32.2. The van der Waals surface area contributed by atoms with Crippen LogP contribution in [0.15, 0.2) is 39.8 Å². The molecular weight excluding hydrogens is 356 g/mol. The number of carbonyl (C=O) groups is 1. The minimum atomic E-state index is -3.25. The van der Waals surface area contributed by atoms with E-state index in [2.05, 4.69) is 5.16 Å². The summed E-state index contributed by atoms with van der Waals surface area (Å²) in [6, 6.07) is 8.14. The van der Waals surface area contributed by atoms with Crippen molar-refractivity contribution in [3.63, 3.8) is 0 Å². The molecule has 0 unspecified atom stereocenters. The molecule has 140 valence electrons. The van der Waals surface area contributed by atoms with Crippen molar-refractivity contribution in [2.75, 3.05) is 19.3 Å². The van der Waals surface area contributed by atoms with Gasteiger partial charge >= 0.3 is 0 Å². The molecule has 1 aliphatic heterocycles. The molecule has 2 atom stereocenters. The zero-order valence-corrected chi connectivity index (χ0v) is 15.6. The number of nitrogens with zero attached hydrogens (tertiary/aromatic N) is 2. The summed E-state index contributed by atoms with van der Waals surface area (Å²) in [6.45, 7) is 2.59. The fourth-order valence-electron chi connectivity index (χ4n) is 3.17. The number of carbonyl (C=O) groups excluding carboxylic acids is 1. The van der Waals surface area contributed by atoms with E-state index in [1.807, 2.05) is 13.0 Å². The lowest BCUT2D eigenvalue weighted by atomic mass is 10.0. The second-order valence-electron chi connectivity index (χ2n) is 6.86. The molecule has 1 aliphatic rings. The van der Waals surface area contributed by atoms with Gasteiger partial charge in [-0.1, -0.05) is 17.3 Å². The van der Waals surface area contributed by atoms with Crippen molar-refractivity contribution in [1.29, 1.82) is 0 Å². The Morgan fingerprint density at radius 2 is 2.00 bits per heavy atom. The van der Waals surface area contributed by atoms with Gasteiger partial charge in [-0.05, 0) is 24.6 Å². The maximum absolute atomic E-state index is 12.5. The summed E-state index contributed by atoms with van der Waals surface area (Å²) in [6.07, 6.45) is 1.26. The van der Waals surface area contributed by atoms with Crippen molar-refractivity contribution < 1.29 is 22.8 Å². The number of β-amino-alcohol motifs (C(OH)–C–C–N with tert-alkyl or cyclic N) is 1. The van der Waals surface area contributed by atoms with Crippen molar-refractivity contribution in [3.8, 4) is 0 Å².